The Morgan fingerprint density at radius 2 is 1.73 bits per heavy atom. The van der Waals surface area contributed by atoms with E-state index >= 15 is 0 Å². The molecular weight excluding hydrogens is 297 g/mol. The number of aliphatic hydroxyl groups excluding tert-OH is 1. The highest BCUT2D eigenvalue weighted by molar-refractivity contribution is 5.89. The highest BCUT2D eigenvalue weighted by atomic mass is 19.4. The van der Waals surface area contributed by atoms with Crippen molar-refractivity contribution in [2.75, 3.05) is 18.9 Å². The fourth-order valence-corrected chi connectivity index (χ4v) is 1.72. The highest BCUT2D eigenvalue weighted by Gasteiger charge is 2.39. The minimum atomic E-state index is -4.75. The van der Waals surface area contributed by atoms with E-state index in [1.54, 1.807) is 12.1 Å². The van der Waals surface area contributed by atoms with E-state index in [-0.39, 0.29) is 5.41 Å². The average molecular weight is 318 g/mol. The van der Waals surface area contributed by atoms with Gasteiger partial charge in [-0.25, -0.2) is 4.79 Å². The third kappa shape index (κ3) is 5.22. The number of aliphatic hydroxyl groups is 1. The zero-order valence-corrected chi connectivity index (χ0v) is 13.0. The van der Waals surface area contributed by atoms with Crippen molar-refractivity contribution in [2.45, 2.75) is 38.5 Å². The Balaban J connectivity index is 2.65. The minimum absolute atomic E-state index is 0.0316. The fraction of sp³-hybridized carbons (Fsp3) is 0.533. The standard InChI is InChI=1S/C15H21F3N2O2/c1-14(2,3)10-5-7-11(8-6-10)19-13(22)20(4)9-12(21)15(16,17)18/h5-8,12,21H,9H2,1-4H3,(H,19,22). The lowest BCUT2D eigenvalue weighted by Gasteiger charge is -2.23. The van der Waals surface area contributed by atoms with Crippen molar-refractivity contribution in [2.24, 2.45) is 0 Å². The molecule has 1 unspecified atom stereocenters. The summed E-state index contributed by atoms with van der Waals surface area (Å²) in [7, 11) is 1.19. The topological polar surface area (TPSA) is 52.6 Å². The number of amides is 2. The monoisotopic (exact) mass is 318 g/mol. The van der Waals surface area contributed by atoms with Gasteiger partial charge in [-0.1, -0.05) is 32.9 Å². The van der Waals surface area contributed by atoms with E-state index in [1.165, 1.54) is 7.05 Å². The summed E-state index contributed by atoms with van der Waals surface area (Å²) >= 11 is 0. The van der Waals surface area contributed by atoms with Crippen LogP contribution in [0, 0.1) is 0 Å². The van der Waals surface area contributed by atoms with Crippen LogP contribution in [0.25, 0.3) is 0 Å². The van der Waals surface area contributed by atoms with E-state index < -0.39 is 24.9 Å². The number of hydrogen-bond donors (Lipinski definition) is 2. The summed E-state index contributed by atoms with van der Waals surface area (Å²) in [6, 6.07) is 6.35. The van der Waals surface area contributed by atoms with Crippen molar-refractivity contribution in [1.82, 2.24) is 4.90 Å². The van der Waals surface area contributed by atoms with Gasteiger partial charge in [0, 0.05) is 12.7 Å². The van der Waals surface area contributed by atoms with Crippen LogP contribution in [0.15, 0.2) is 24.3 Å². The fourth-order valence-electron chi connectivity index (χ4n) is 1.72. The maximum absolute atomic E-state index is 12.2. The summed E-state index contributed by atoms with van der Waals surface area (Å²) in [6.07, 6.45) is -7.31. The molecule has 1 aromatic carbocycles. The number of carbonyl (C=O) groups excluding carboxylic acids is 1. The summed E-state index contributed by atoms with van der Waals surface area (Å²) in [4.78, 5) is 12.6. The van der Waals surface area contributed by atoms with Gasteiger partial charge in [-0.05, 0) is 23.1 Å². The van der Waals surface area contributed by atoms with Crippen LogP contribution in [-0.4, -0.2) is 41.9 Å². The van der Waals surface area contributed by atoms with Gasteiger partial charge in [0.15, 0.2) is 6.10 Å². The Labute approximate surface area is 127 Å². The van der Waals surface area contributed by atoms with Crippen LogP contribution in [0.4, 0.5) is 23.7 Å². The van der Waals surface area contributed by atoms with E-state index in [2.05, 4.69) is 5.32 Å². The second-order valence-electron chi connectivity index (χ2n) is 6.20. The van der Waals surface area contributed by atoms with Crippen molar-refractivity contribution < 1.29 is 23.1 Å². The summed E-state index contributed by atoms with van der Waals surface area (Å²) in [5.41, 5.74) is 1.52. The van der Waals surface area contributed by atoms with Gasteiger partial charge >= 0.3 is 12.2 Å². The van der Waals surface area contributed by atoms with Crippen LogP contribution in [0.2, 0.25) is 0 Å². The maximum Gasteiger partial charge on any atom is 0.416 e. The van der Waals surface area contributed by atoms with E-state index in [9.17, 15) is 18.0 Å². The molecule has 0 saturated heterocycles. The van der Waals surface area contributed by atoms with Crippen molar-refractivity contribution >= 4 is 11.7 Å². The molecule has 7 heteroatoms. The van der Waals surface area contributed by atoms with Crippen LogP contribution in [0.1, 0.15) is 26.3 Å². The molecule has 0 aliphatic heterocycles. The average Bonchev–Trinajstić information content (AvgIpc) is 2.36. The van der Waals surface area contributed by atoms with E-state index in [4.69, 9.17) is 5.11 Å². The summed E-state index contributed by atoms with van der Waals surface area (Å²) in [6.45, 7) is 5.32. The zero-order chi connectivity index (χ0) is 17.1. The normalized spacial score (nSPS) is 13.6. The number of nitrogens with one attached hydrogen (secondary N) is 1. The quantitative estimate of drug-likeness (QED) is 0.898. The molecule has 1 atom stereocenters. The van der Waals surface area contributed by atoms with Gasteiger partial charge in [0.05, 0.1) is 6.54 Å². The number of likely N-dealkylation sites (N-methyl/N-ethyl adjacent to an activating group) is 1. The number of alkyl halides is 3. The highest BCUT2D eigenvalue weighted by Crippen LogP contribution is 2.24. The Hall–Kier alpha value is -1.76. The van der Waals surface area contributed by atoms with Crippen molar-refractivity contribution in [1.29, 1.82) is 0 Å². The van der Waals surface area contributed by atoms with Crippen LogP contribution in [0.3, 0.4) is 0 Å². The molecule has 0 spiro atoms. The SMILES string of the molecule is CN(CC(O)C(F)(F)F)C(=O)Nc1ccc(C(C)(C)C)cc1. The Morgan fingerprint density at radius 1 is 1.23 bits per heavy atom. The molecule has 22 heavy (non-hydrogen) atoms. The van der Waals surface area contributed by atoms with Crippen molar-refractivity contribution in [3.05, 3.63) is 29.8 Å². The van der Waals surface area contributed by atoms with E-state index in [0.29, 0.717) is 5.69 Å². The molecular formula is C15H21F3N2O2. The number of halogens is 3. The lowest BCUT2D eigenvalue weighted by molar-refractivity contribution is -0.205. The summed E-state index contributed by atoms with van der Waals surface area (Å²) in [5.74, 6) is 0. The number of urea groups is 1. The van der Waals surface area contributed by atoms with Gasteiger partial charge < -0.3 is 15.3 Å². The molecule has 1 aromatic rings. The van der Waals surface area contributed by atoms with E-state index in [0.717, 1.165) is 10.5 Å². The molecule has 2 N–H and O–H groups in total. The second kappa shape index (κ2) is 6.56. The minimum Gasteiger partial charge on any atom is -0.382 e. The first kappa shape index (κ1) is 18.3. The number of nitrogens with zero attached hydrogens (tertiary/aromatic N) is 1. The molecule has 124 valence electrons. The molecule has 0 aromatic heterocycles. The molecule has 0 aliphatic carbocycles. The number of rotatable bonds is 3. The lowest BCUT2D eigenvalue weighted by Crippen LogP contribution is -2.43. The molecule has 0 heterocycles. The first-order valence-electron chi connectivity index (χ1n) is 6.78. The van der Waals surface area contributed by atoms with E-state index in [1.807, 2.05) is 32.9 Å². The van der Waals surface area contributed by atoms with Gasteiger partial charge in [-0.2, -0.15) is 13.2 Å². The second-order valence-corrected chi connectivity index (χ2v) is 6.20. The predicted molar refractivity (Wildman–Crippen MR) is 78.9 cm³/mol. The Kier molecular flexibility index (Phi) is 5.45. The van der Waals surface area contributed by atoms with Gasteiger partial charge in [0.2, 0.25) is 0 Å². The third-order valence-corrected chi connectivity index (χ3v) is 3.17. The first-order valence-corrected chi connectivity index (χ1v) is 6.78. The number of anilines is 1. The smallest absolute Gasteiger partial charge is 0.382 e. The van der Waals surface area contributed by atoms with Crippen LogP contribution in [-0.2, 0) is 5.41 Å². The predicted octanol–water partition coefficient (Wildman–Crippen LogP) is 3.37. The zero-order valence-electron chi connectivity index (χ0n) is 13.0. The molecule has 0 aliphatic rings. The molecule has 2 amide bonds. The van der Waals surface area contributed by atoms with Crippen molar-refractivity contribution in [3.8, 4) is 0 Å². The van der Waals surface area contributed by atoms with Gasteiger partial charge in [-0.3, -0.25) is 0 Å². The number of hydrogen-bond acceptors (Lipinski definition) is 2. The first-order chi connectivity index (χ1) is 9.91. The van der Waals surface area contributed by atoms with Crippen LogP contribution in [0.5, 0.6) is 0 Å². The van der Waals surface area contributed by atoms with Crippen molar-refractivity contribution in [3.63, 3.8) is 0 Å². The van der Waals surface area contributed by atoms with Gasteiger partial charge in [0.25, 0.3) is 0 Å². The molecule has 0 fully saturated rings. The Bertz CT molecular complexity index is 507. The molecule has 0 bridgehead atoms. The molecule has 1 rings (SSSR count). The Morgan fingerprint density at radius 3 is 2.14 bits per heavy atom. The van der Waals surface area contributed by atoms with Crippen LogP contribution >= 0.6 is 0 Å². The van der Waals surface area contributed by atoms with Crippen LogP contribution < -0.4 is 5.32 Å². The molecule has 0 saturated carbocycles. The third-order valence-electron chi connectivity index (χ3n) is 3.17. The largest absolute Gasteiger partial charge is 0.416 e. The lowest BCUT2D eigenvalue weighted by atomic mass is 9.87. The summed E-state index contributed by atoms with van der Waals surface area (Å²) in [5, 5.41) is 11.4. The maximum atomic E-state index is 12.2. The van der Waals surface area contributed by atoms with Gasteiger partial charge in [-0.15, -0.1) is 0 Å². The molecule has 4 nitrogen and oxygen atoms in total. The summed E-state index contributed by atoms with van der Waals surface area (Å²) < 4.78 is 36.7. The molecule has 0 radical (unpaired) electrons. The number of carbonyl (C=O) groups is 1. The number of benzene rings is 1. The van der Waals surface area contributed by atoms with Gasteiger partial charge in [0.1, 0.15) is 0 Å².